The number of rotatable bonds is 5. The molecule has 1 aromatic carbocycles. The van der Waals surface area contributed by atoms with E-state index in [4.69, 9.17) is 20.4 Å². The topological polar surface area (TPSA) is 79.9 Å². The molecular weight excluding hydrogens is 412 g/mol. The van der Waals surface area contributed by atoms with E-state index in [2.05, 4.69) is 60.7 Å². The molecule has 1 fully saturated rings. The molecule has 0 saturated carbocycles. The van der Waals surface area contributed by atoms with Crippen LogP contribution in [0.1, 0.15) is 36.2 Å². The maximum atomic E-state index is 6.25. The van der Waals surface area contributed by atoms with Gasteiger partial charge >= 0.3 is 0 Å². The first-order valence-electron chi connectivity index (χ1n) is 11.7. The summed E-state index contributed by atoms with van der Waals surface area (Å²) in [7, 11) is 3.60. The molecule has 0 spiro atoms. The van der Waals surface area contributed by atoms with Crippen LogP contribution < -0.4 is 10.6 Å². The molecule has 0 unspecified atom stereocenters. The van der Waals surface area contributed by atoms with Gasteiger partial charge in [-0.05, 0) is 37.0 Å². The Hall–Kier alpha value is -2.93. The summed E-state index contributed by atoms with van der Waals surface area (Å²) in [6.07, 6.45) is 3.10. The molecule has 7 nitrogen and oxygen atoms in total. The number of aryl methyl sites for hydroxylation is 2. The fourth-order valence-corrected chi connectivity index (χ4v) is 4.51. The molecule has 3 heterocycles. The van der Waals surface area contributed by atoms with Gasteiger partial charge in [0.05, 0.1) is 11.8 Å². The maximum absolute atomic E-state index is 6.25. The van der Waals surface area contributed by atoms with Crippen LogP contribution in [0.15, 0.2) is 35.0 Å². The number of ether oxygens (including phenoxy) is 1. The highest BCUT2D eigenvalue weighted by Gasteiger charge is 2.33. The van der Waals surface area contributed by atoms with E-state index in [1.54, 1.807) is 7.11 Å². The second-order valence-corrected chi connectivity index (χ2v) is 9.38. The highest BCUT2D eigenvalue weighted by Crippen LogP contribution is 2.34. The van der Waals surface area contributed by atoms with Crippen LogP contribution in [-0.4, -0.2) is 60.6 Å². The number of nitrogens with zero attached hydrogens (tertiary/aromatic N) is 5. The van der Waals surface area contributed by atoms with Crippen molar-refractivity contribution in [1.82, 2.24) is 14.9 Å². The third-order valence-corrected chi connectivity index (χ3v) is 6.74. The number of amidine groups is 1. The molecule has 176 valence electrons. The van der Waals surface area contributed by atoms with Gasteiger partial charge in [0.1, 0.15) is 11.7 Å². The quantitative estimate of drug-likeness (QED) is 0.557. The van der Waals surface area contributed by atoms with Crippen LogP contribution in [-0.2, 0) is 17.7 Å². The Balaban J connectivity index is 1.75. The van der Waals surface area contributed by atoms with Crippen molar-refractivity contribution in [2.24, 2.45) is 16.6 Å². The summed E-state index contributed by atoms with van der Waals surface area (Å²) in [5.41, 5.74) is 12.9. The Bertz CT molecular complexity index is 1060. The lowest BCUT2D eigenvalue weighted by atomic mass is 9.99. The van der Waals surface area contributed by atoms with Gasteiger partial charge in [-0.2, -0.15) is 0 Å². The molecule has 0 radical (unpaired) electrons. The number of allylic oxidation sites excluding steroid dienone is 1. The Morgan fingerprint density at radius 2 is 1.91 bits per heavy atom. The molecule has 7 heteroatoms. The summed E-state index contributed by atoms with van der Waals surface area (Å²) in [4.78, 5) is 19.4. The van der Waals surface area contributed by atoms with E-state index in [0.717, 1.165) is 67.0 Å². The van der Waals surface area contributed by atoms with Gasteiger partial charge in [-0.1, -0.05) is 32.0 Å². The summed E-state index contributed by atoms with van der Waals surface area (Å²) in [6, 6.07) is 6.35. The van der Waals surface area contributed by atoms with Crippen molar-refractivity contribution in [3.05, 3.63) is 52.4 Å². The Kier molecular flexibility index (Phi) is 6.70. The van der Waals surface area contributed by atoms with Crippen molar-refractivity contribution in [3.63, 3.8) is 0 Å². The fourth-order valence-electron chi connectivity index (χ4n) is 4.51. The average Bonchev–Trinajstić information content (AvgIpc) is 2.76. The van der Waals surface area contributed by atoms with Crippen LogP contribution in [0.2, 0.25) is 0 Å². The SMILES string of the molecule is CN=C(C=C(N)C(C)C)N1CCc2nc(-c3c(C)cccc3C)nc(N3CC(OC)C3)c2C1. The zero-order valence-corrected chi connectivity index (χ0v) is 20.7. The number of hydrogen-bond donors (Lipinski definition) is 1. The molecular formula is C26H36N6O. The van der Waals surface area contributed by atoms with Gasteiger partial charge in [-0.15, -0.1) is 0 Å². The van der Waals surface area contributed by atoms with Crippen LogP contribution >= 0.6 is 0 Å². The van der Waals surface area contributed by atoms with E-state index in [9.17, 15) is 0 Å². The summed E-state index contributed by atoms with van der Waals surface area (Å²) in [6.45, 7) is 11.7. The van der Waals surface area contributed by atoms with Gasteiger partial charge in [0.25, 0.3) is 0 Å². The van der Waals surface area contributed by atoms with Gasteiger partial charge < -0.3 is 20.3 Å². The van der Waals surface area contributed by atoms with Crippen LogP contribution in [0.3, 0.4) is 0 Å². The number of anilines is 1. The third-order valence-electron chi connectivity index (χ3n) is 6.74. The second kappa shape index (κ2) is 9.51. The average molecular weight is 449 g/mol. The predicted octanol–water partition coefficient (Wildman–Crippen LogP) is 3.48. The van der Waals surface area contributed by atoms with Crippen molar-refractivity contribution in [1.29, 1.82) is 0 Å². The van der Waals surface area contributed by atoms with Crippen molar-refractivity contribution in [2.45, 2.75) is 46.8 Å². The van der Waals surface area contributed by atoms with Crippen molar-refractivity contribution in [3.8, 4) is 11.4 Å². The molecule has 1 aromatic heterocycles. The summed E-state index contributed by atoms with van der Waals surface area (Å²) in [5.74, 6) is 3.04. The Morgan fingerprint density at radius 1 is 1.21 bits per heavy atom. The minimum atomic E-state index is 0.250. The lowest BCUT2D eigenvalue weighted by Gasteiger charge is -2.41. The van der Waals surface area contributed by atoms with Crippen LogP contribution in [0.4, 0.5) is 5.82 Å². The summed E-state index contributed by atoms with van der Waals surface area (Å²) >= 11 is 0. The molecule has 1 saturated heterocycles. The van der Waals surface area contributed by atoms with E-state index in [-0.39, 0.29) is 12.0 Å². The number of hydrogen-bond acceptors (Lipinski definition) is 6. The summed E-state index contributed by atoms with van der Waals surface area (Å²) < 4.78 is 5.54. The highest BCUT2D eigenvalue weighted by atomic mass is 16.5. The van der Waals surface area contributed by atoms with E-state index in [0.29, 0.717) is 0 Å². The minimum Gasteiger partial charge on any atom is -0.402 e. The molecule has 4 rings (SSSR count). The first-order chi connectivity index (χ1) is 15.8. The molecule has 2 aliphatic heterocycles. The number of aromatic nitrogens is 2. The van der Waals surface area contributed by atoms with Crippen molar-refractivity contribution in [2.75, 3.05) is 38.7 Å². The Morgan fingerprint density at radius 3 is 2.52 bits per heavy atom. The monoisotopic (exact) mass is 448 g/mol. The molecule has 2 aliphatic rings. The van der Waals surface area contributed by atoms with Crippen molar-refractivity contribution >= 4 is 11.7 Å². The van der Waals surface area contributed by atoms with Gasteiger partial charge in [0.2, 0.25) is 0 Å². The number of nitrogens with two attached hydrogens (primary N) is 1. The molecule has 33 heavy (non-hydrogen) atoms. The van der Waals surface area contributed by atoms with E-state index in [1.807, 2.05) is 13.1 Å². The molecule has 2 aromatic rings. The van der Waals surface area contributed by atoms with E-state index < -0.39 is 0 Å². The molecule has 0 atom stereocenters. The smallest absolute Gasteiger partial charge is 0.162 e. The number of aliphatic imine (C=N–C) groups is 1. The summed E-state index contributed by atoms with van der Waals surface area (Å²) in [5, 5.41) is 0. The predicted molar refractivity (Wildman–Crippen MR) is 135 cm³/mol. The third kappa shape index (κ3) is 4.60. The highest BCUT2D eigenvalue weighted by molar-refractivity contribution is 5.93. The van der Waals surface area contributed by atoms with Crippen molar-refractivity contribution < 1.29 is 4.74 Å². The minimum absolute atomic E-state index is 0.250. The maximum Gasteiger partial charge on any atom is 0.162 e. The zero-order chi connectivity index (χ0) is 23.7. The standard InChI is InChI=1S/C26H36N6O/c1-16(2)21(27)12-23(28-5)31-11-10-22-20(15-31)26(32-13-19(14-32)33-6)30-25(29-22)24-17(3)8-7-9-18(24)4/h7-9,12,16,19H,10-11,13-15,27H2,1-6H3. The molecule has 2 N–H and O–H groups in total. The lowest BCUT2D eigenvalue weighted by Crippen LogP contribution is -2.53. The molecule has 0 aliphatic carbocycles. The number of benzene rings is 1. The van der Waals surface area contributed by atoms with Gasteiger partial charge in [-0.3, -0.25) is 4.99 Å². The lowest BCUT2D eigenvalue weighted by molar-refractivity contribution is 0.0781. The zero-order valence-electron chi connectivity index (χ0n) is 20.7. The van der Waals surface area contributed by atoms with E-state index in [1.165, 1.54) is 16.7 Å². The van der Waals surface area contributed by atoms with Crippen LogP contribution in [0.5, 0.6) is 0 Å². The number of fused-ring (bicyclic) bond motifs is 1. The Labute approximate surface area is 197 Å². The number of methoxy groups -OCH3 is 1. The first kappa shape index (κ1) is 23.2. The fraction of sp³-hybridized carbons (Fsp3) is 0.500. The van der Waals surface area contributed by atoms with Crippen LogP contribution in [0, 0.1) is 19.8 Å². The van der Waals surface area contributed by atoms with E-state index >= 15 is 0 Å². The first-order valence-corrected chi connectivity index (χ1v) is 11.7. The normalized spacial score (nSPS) is 17.4. The van der Waals surface area contributed by atoms with Gasteiger partial charge in [0, 0.05) is 63.6 Å². The second-order valence-electron chi connectivity index (χ2n) is 9.38. The van der Waals surface area contributed by atoms with Gasteiger partial charge in [0.15, 0.2) is 5.82 Å². The van der Waals surface area contributed by atoms with Gasteiger partial charge in [-0.25, -0.2) is 9.97 Å². The van der Waals surface area contributed by atoms with Crippen LogP contribution in [0.25, 0.3) is 11.4 Å². The molecule has 0 bridgehead atoms. The molecule has 0 amide bonds. The largest absolute Gasteiger partial charge is 0.402 e.